The van der Waals surface area contributed by atoms with Crippen LogP contribution in [-0.4, -0.2) is 44.1 Å². The lowest BCUT2D eigenvalue weighted by Crippen LogP contribution is -2.35. The average Bonchev–Trinajstić information content (AvgIpc) is 2.27. The minimum absolute atomic E-state index is 0.304. The summed E-state index contributed by atoms with van der Waals surface area (Å²) >= 11 is 0. The Morgan fingerprint density at radius 1 is 1.06 bits per heavy atom. The summed E-state index contributed by atoms with van der Waals surface area (Å²) in [5.41, 5.74) is 0. The molecule has 0 saturated heterocycles. The summed E-state index contributed by atoms with van der Waals surface area (Å²) in [7, 11) is 3.92. The van der Waals surface area contributed by atoms with Crippen LogP contribution in [0.15, 0.2) is 0 Å². The van der Waals surface area contributed by atoms with Gasteiger partial charge in [-0.05, 0) is 82.2 Å². The van der Waals surface area contributed by atoms with Crippen molar-refractivity contribution >= 4 is 25.1 Å². The molecule has 0 aromatic heterocycles. The molecule has 3 heteroatoms. The zero-order chi connectivity index (χ0) is 13.6. The largest absolute Gasteiger partial charge is 0.131 e. The highest BCUT2D eigenvalue weighted by molar-refractivity contribution is 7.56. The van der Waals surface area contributed by atoms with Crippen LogP contribution >= 0.6 is 25.1 Å². The highest BCUT2D eigenvalue weighted by atomic mass is 31.1. The molecule has 3 unspecified atom stereocenters. The van der Waals surface area contributed by atoms with Gasteiger partial charge in [0.15, 0.2) is 0 Å². The van der Waals surface area contributed by atoms with Crippen LogP contribution in [0.5, 0.6) is 0 Å². The fourth-order valence-corrected chi connectivity index (χ4v) is 5.60. The summed E-state index contributed by atoms with van der Waals surface area (Å²) in [6, 6.07) is 0. The van der Waals surface area contributed by atoms with Gasteiger partial charge in [0.05, 0.1) is 0 Å². The predicted octanol–water partition coefficient (Wildman–Crippen LogP) is 5.44. The molecule has 0 heterocycles. The lowest BCUT2D eigenvalue weighted by molar-refractivity contribution is 0.252. The molecule has 0 aromatic rings. The average molecular weight is 306 g/mol. The van der Waals surface area contributed by atoms with Gasteiger partial charge in [0.2, 0.25) is 0 Å². The first-order valence-corrected chi connectivity index (χ1v) is 12.9. The van der Waals surface area contributed by atoms with Crippen molar-refractivity contribution in [1.29, 1.82) is 0 Å². The second-order valence-corrected chi connectivity index (χ2v) is 13.0. The molecule has 18 heavy (non-hydrogen) atoms. The van der Waals surface area contributed by atoms with Crippen molar-refractivity contribution in [2.75, 3.05) is 39.0 Å². The normalized spacial score (nSPS) is 29.2. The van der Waals surface area contributed by atoms with Crippen LogP contribution in [0.3, 0.4) is 0 Å². The van der Waals surface area contributed by atoms with E-state index in [0.29, 0.717) is 21.0 Å². The van der Waals surface area contributed by atoms with Gasteiger partial charge in [0.1, 0.15) is 0 Å². The van der Waals surface area contributed by atoms with Gasteiger partial charge in [-0.15, -0.1) is 25.1 Å². The number of hydrogen-bond donors (Lipinski definition) is 0. The third-order valence-electron chi connectivity index (χ3n) is 4.43. The van der Waals surface area contributed by atoms with E-state index in [1.54, 1.807) is 0 Å². The van der Waals surface area contributed by atoms with Gasteiger partial charge in [0, 0.05) is 0 Å². The van der Waals surface area contributed by atoms with Crippen molar-refractivity contribution in [3.05, 3.63) is 0 Å². The molecule has 1 aliphatic rings. The van der Waals surface area contributed by atoms with E-state index in [1.807, 2.05) is 0 Å². The van der Waals surface area contributed by atoms with E-state index < -0.39 is 0 Å². The van der Waals surface area contributed by atoms with Crippen LogP contribution in [0, 0.1) is 5.92 Å². The Balaban J connectivity index is 2.45. The molecule has 0 aromatic carbocycles. The fourth-order valence-electron chi connectivity index (χ4n) is 3.24. The topological polar surface area (TPSA) is 0 Å². The molecule has 1 saturated carbocycles. The molecule has 1 rings (SSSR count). The van der Waals surface area contributed by atoms with Gasteiger partial charge in [-0.3, -0.25) is 0 Å². The van der Waals surface area contributed by atoms with Crippen LogP contribution in [-0.2, 0) is 0 Å². The predicted molar refractivity (Wildman–Crippen MR) is 95.5 cm³/mol. The standard InChI is InChI=1S/C15H33P3/c1-17(2)12-7-11-15(16)10-6-5-8-14(15)9-13-18(3)4/h14H,5-13,16H2,1-4H3. The van der Waals surface area contributed by atoms with Crippen LogP contribution < -0.4 is 0 Å². The fraction of sp³-hybridized carbons (Fsp3) is 1.00. The van der Waals surface area contributed by atoms with Gasteiger partial charge >= 0.3 is 0 Å². The summed E-state index contributed by atoms with van der Waals surface area (Å²) in [5, 5.41) is 0.606. The smallest absolute Gasteiger partial charge is 0.0122 e. The maximum Gasteiger partial charge on any atom is -0.0122 e. The first kappa shape index (κ1) is 17.3. The van der Waals surface area contributed by atoms with Gasteiger partial charge in [-0.25, -0.2) is 0 Å². The van der Waals surface area contributed by atoms with E-state index in [-0.39, 0.29) is 0 Å². The van der Waals surface area contributed by atoms with Crippen LogP contribution in [0.1, 0.15) is 44.9 Å². The highest BCUT2D eigenvalue weighted by Gasteiger charge is 2.35. The molecule has 0 amide bonds. The summed E-state index contributed by atoms with van der Waals surface area (Å²) in [6.07, 6.45) is 13.3. The monoisotopic (exact) mass is 306 g/mol. The molecule has 0 radical (unpaired) electrons. The second-order valence-electron chi connectivity index (χ2n) is 6.67. The van der Waals surface area contributed by atoms with E-state index in [2.05, 4.69) is 35.9 Å². The zero-order valence-electron chi connectivity index (χ0n) is 12.9. The van der Waals surface area contributed by atoms with Gasteiger partial charge < -0.3 is 0 Å². The Hall–Kier alpha value is 1.29. The first-order chi connectivity index (χ1) is 8.44. The molecule has 0 aliphatic heterocycles. The van der Waals surface area contributed by atoms with Crippen LogP contribution in [0.2, 0.25) is 0 Å². The summed E-state index contributed by atoms with van der Waals surface area (Å²) in [6.45, 7) is 9.71. The van der Waals surface area contributed by atoms with Gasteiger partial charge in [-0.1, -0.05) is 12.8 Å². The number of rotatable bonds is 7. The van der Waals surface area contributed by atoms with Gasteiger partial charge in [0.25, 0.3) is 0 Å². The zero-order valence-corrected chi connectivity index (χ0v) is 15.9. The molecular weight excluding hydrogens is 273 g/mol. The minimum atomic E-state index is 0.304. The van der Waals surface area contributed by atoms with E-state index in [4.69, 9.17) is 0 Å². The molecular formula is C15H33P3. The number of hydrogen-bond acceptors (Lipinski definition) is 0. The van der Waals surface area contributed by atoms with E-state index >= 15 is 0 Å². The Kier molecular flexibility index (Phi) is 8.24. The van der Waals surface area contributed by atoms with Crippen molar-refractivity contribution in [2.24, 2.45) is 5.92 Å². The lowest BCUT2D eigenvalue weighted by atomic mass is 9.75. The Morgan fingerprint density at radius 2 is 1.72 bits per heavy atom. The molecule has 0 spiro atoms. The van der Waals surface area contributed by atoms with Crippen LogP contribution in [0.25, 0.3) is 0 Å². The molecule has 108 valence electrons. The van der Waals surface area contributed by atoms with Crippen molar-refractivity contribution in [1.82, 2.24) is 0 Å². The van der Waals surface area contributed by atoms with Crippen molar-refractivity contribution in [3.8, 4) is 0 Å². The maximum atomic E-state index is 3.31. The third kappa shape index (κ3) is 6.16. The molecule has 1 aliphatic carbocycles. The van der Waals surface area contributed by atoms with Gasteiger partial charge in [-0.2, -0.15) is 0 Å². The Labute approximate surface area is 120 Å². The summed E-state index contributed by atoms with van der Waals surface area (Å²) < 4.78 is 0. The minimum Gasteiger partial charge on any atom is -0.131 e. The Bertz CT molecular complexity index is 228. The maximum absolute atomic E-state index is 3.31. The summed E-state index contributed by atoms with van der Waals surface area (Å²) in [4.78, 5) is 0. The second kappa shape index (κ2) is 8.55. The van der Waals surface area contributed by atoms with Crippen molar-refractivity contribution in [3.63, 3.8) is 0 Å². The van der Waals surface area contributed by atoms with Crippen molar-refractivity contribution < 1.29 is 0 Å². The van der Waals surface area contributed by atoms with Crippen LogP contribution in [0.4, 0.5) is 0 Å². The Morgan fingerprint density at radius 3 is 2.33 bits per heavy atom. The van der Waals surface area contributed by atoms with E-state index in [0.717, 1.165) is 5.92 Å². The third-order valence-corrected chi connectivity index (χ3v) is 7.84. The first-order valence-electron chi connectivity index (χ1n) is 7.52. The quantitative estimate of drug-likeness (QED) is 0.549. The molecule has 0 nitrogen and oxygen atoms in total. The van der Waals surface area contributed by atoms with E-state index in [1.165, 1.54) is 57.3 Å². The molecule has 0 N–H and O–H groups in total. The SMILES string of the molecule is CP(C)CCCC1(P)CCCCC1CCP(C)C. The summed E-state index contributed by atoms with van der Waals surface area (Å²) in [5.74, 6) is 1.00. The van der Waals surface area contributed by atoms with Crippen molar-refractivity contribution in [2.45, 2.75) is 50.1 Å². The molecule has 3 atom stereocenters. The molecule has 0 bridgehead atoms. The molecule has 1 fully saturated rings. The lowest BCUT2D eigenvalue weighted by Gasteiger charge is -2.42. The van der Waals surface area contributed by atoms with E-state index in [9.17, 15) is 0 Å². The highest BCUT2D eigenvalue weighted by Crippen LogP contribution is 2.47.